The molecule has 45 heavy (non-hydrogen) atoms. The topological polar surface area (TPSA) is 94.1 Å². The van der Waals surface area contributed by atoms with Gasteiger partial charge in [0, 0.05) is 36.0 Å². The third kappa shape index (κ3) is 8.41. The Morgan fingerprint density at radius 3 is 0.933 bits per heavy atom. The Hall–Kier alpha value is -5.31. The highest BCUT2D eigenvalue weighted by molar-refractivity contribution is 5.50. The van der Waals surface area contributed by atoms with Gasteiger partial charge in [0.05, 0.1) is 21.3 Å². The first-order valence-electron chi connectivity index (χ1n) is 14.3. The largest absolute Gasteiger partial charge is 0.496 e. The van der Waals surface area contributed by atoms with Crippen molar-refractivity contribution < 1.29 is 28.4 Å². The molecule has 0 fully saturated rings. The summed E-state index contributed by atoms with van der Waals surface area (Å²) >= 11 is 0. The minimum Gasteiger partial charge on any atom is -0.496 e. The Labute approximate surface area is 264 Å². The van der Waals surface area contributed by atoms with Crippen molar-refractivity contribution in [1.82, 2.24) is 15.0 Å². The lowest BCUT2D eigenvalue weighted by Gasteiger charge is -2.17. The van der Waals surface area contributed by atoms with Crippen LogP contribution in [0.15, 0.2) is 91.1 Å². The lowest BCUT2D eigenvalue weighted by Crippen LogP contribution is -2.05. The molecule has 0 bridgehead atoms. The number of methoxy groups -OCH3 is 3. The Kier molecular flexibility index (Phi) is 10.8. The molecule has 4 rings (SSSR count). The van der Waals surface area contributed by atoms with E-state index in [1.54, 1.807) is 21.3 Å². The number of ether oxygens (including phenoxy) is 6. The number of allylic oxidation sites excluding steroid dienone is 3. The van der Waals surface area contributed by atoms with Gasteiger partial charge in [0.1, 0.15) is 34.5 Å². The predicted molar refractivity (Wildman–Crippen MR) is 175 cm³/mol. The molecule has 1 heterocycles. The molecule has 9 nitrogen and oxygen atoms in total. The maximum Gasteiger partial charge on any atom is 0.331 e. The molecule has 0 aliphatic carbocycles. The molecule has 0 unspecified atom stereocenters. The van der Waals surface area contributed by atoms with E-state index in [0.717, 1.165) is 33.4 Å². The van der Waals surface area contributed by atoms with Crippen molar-refractivity contribution in [2.75, 3.05) is 21.3 Å². The molecule has 1 aromatic heterocycles. The first-order valence-corrected chi connectivity index (χ1v) is 14.3. The average Bonchev–Trinajstić information content (AvgIpc) is 2.99. The monoisotopic (exact) mass is 609 g/mol. The second kappa shape index (κ2) is 14.9. The van der Waals surface area contributed by atoms with Gasteiger partial charge in [0.2, 0.25) is 0 Å². The second-order valence-corrected chi connectivity index (χ2v) is 10.7. The third-order valence-electron chi connectivity index (χ3n) is 6.54. The normalized spacial score (nSPS) is 10.5. The van der Waals surface area contributed by atoms with Crippen LogP contribution in [0, 0.1) is 0 Å². The number of rotatable bonds is 15. The van der Waals surface area contributed by atoms with Gasteiger partial charge < -0.3 is 28.4 Å². The molecular weight excluding hydrogens is 570 g/mol. The smallest absolute Gasteiger partial charge is 0.331 e. The van der Waals surface area contributed by atoms with Crippen molar-refractivity contribution in [2.45, 2.75) is 40.0 Å². The zero-order chi connectivity index (χ0) is 32.5. The maximum atomic E-state index is 6.27. The van der Waals surface area contributed by atoms with Crippen LogP contribution in [0.25, 0.3) is 0 Å². The van der Waals surface area contributed by atoms with Crippen LogP contribution in [-0.2, 0) is 19.3 Å². The molecule has 0 N–H and O–H groups in total. The van der Waals surface area contributed by atoms with Gasteiger partial charge in [0.15, 0.2) is 0 Å². The summed E-state index contributed by atoms with van der Waals surface area (Å²) in [5.41, 5.74) is 5.18. The van der Waals surface area contributed by atoms with Crippen molar-refractivity contribution >= 4 is 0 Å². The molecule has 4 aromatic rings. The van der Waals surface area contributed by atoms with Gasteiger partial charge in [-0.1, -0.05) is 54.7 Å². The molecule has 0 saturated carbocycles. The molecule has 0 saturated heterocycles. The summed E-state index contributed by atoms with van der Waals surface area (Å²) in [5, 5.41) is 0. The molecule has 9 heteroatoms. The molecule has 0 atom stereocenters. The third-order valence-corrected chi connectivity index (χ3v) is 6.54. The molecule has 0 aliphatic rings. The van der Waals surface area contributed by atoms with Crippen molar-refractivity contribution in [3.05, 3.63) is 108 Å². The zero-order valence-corrected chi connectivity index (χ0v) is 26.7. The van der Waals surface area contributed by atoms with Gasteiger partial charge in [-0.25, -0.2) is 0 Å². The highest BCUT2D eigenvalue weighted by atomic mass is 16.5. The van der Waals surface area contributed by atoms with E-state index in [2.05, 4.69) is 34.7 Å². The van der Waals surface area contributed by atoms with E-state index < -0.39 is 0 Å². The summed E-state index contributed by atoms with van der Waals surface area (Å²) in [6, 6.07) is 16.4. The first kappa shape index (κ1) is 32.6. The Morgan fingerprint density at radius 1 is 0.467 bits per heavy atom. The van der Waals surface area contributed by atoms with E-state index >= 15 is 0 Å². The summed E-state index contributed by atoms with van der Waals surface area (Å²) in [4.78, 5) is 13.5. The Morgan fingerprint density at radius 2 is 0.711 bits per heavy atom. The van der Waals surface area contributed by atoms with E-state index in [-0.39, 0.29) is 18.0 Å². The van der Waals surface area contributed by atoms with Crippen LogP contribution in [0.2, 0.25) is 0 Å². The van der Waals surface area contributed by atoms with Crippen molar-refractivity contribution in [2.24, 2.45) is 0 Å². The number of hydrogen-bond donors (Lipinski definition) is 0. The van der Waals surface area contributed by atoms with Crippen LogP contribution in [0.4, 0.5) is 0 Å². The number of aromatic nitrogens is 3. The van der Waals surface area contributed by atoms with Crippen molar-refractivity contribution in [3.8, 4) is 52.5 Å². The maximum absolute atomic E-state index is 6.27. The summed E-state index contributed by atoms with van der Waals surface area (Å²) in [5.74, 6) is 3.44. The van der Waals surface area contributed by atoms with Crippen LogP contribution in [0.3, 0.4) is 0 Å². The first-order chi connectivity index (χ1) is 21.6. The molecule has 234 valence electrons. The molecule has 3 aromatic carbocycles. The predicted octanol–water partition coefficient (Wildman–Crippen LogP) is 8.63. The van der Waals surface area contributed by atoms with E-state index in [0.29, 0.717) is 53.8 Å². The summed E-state index contributed by atoms with van der Waals surface area (Å²) in [6.07, 6.45) is 1.58. The number of nitrogens with zero attached hydrogens (tertiary/aromatic N) is 3. The Balaban J connectivity index is 1.83. The highest BCUT2D eigenvalue weighted by Crippen LogP contribution is 2.37. The van der Waals surface area contributed by atoms with Crippen LogP contribution in [-0.4, -0.2) is 36.3 Å². The zero-order valence-electron chi connectivity index (χ0n) is 26.7. The van der Waals surface area contributed by atoms with E-state index in [1.807, 2.05) is 75.4 Å². The molecule has 0 amide bonds. The fourth-order valence-corrected chi connectivity index (χ4v) is 4.68. The van der Waals surface area contributed by atoms with Crippen molar-refractivity contribution in [1.29, 1.82) is 0 Å². The molecule has 0 aliphatic heterocycles. The summed E-state index contributed by atoms with van der Waals surface area (Å²) in [6.45, 7) is 18.0. The van der Waals surface area contributed by atoms with Gasteiger partial charge in [-0.3, -0.25) is 0 Å². The van der Waals surface area contributed by atoms with Gasteiger partial charge in [-0.15, -0.1) is 15.0 Å². The summed E-state index contributed by atoms with van der Waals surface area (Å²) in [7, 11) is 4.82. The van der Waals surface area contributed by atoms with Crippen LogP contribution in [0.5, 0.6) is 52.5 Å². The van der Waals surface area contributed by atoms with Gasteiger partial charge >= 0.3 is 18.0 Å². The molecule has 0 spiro atoms. The molecule has 0 radical (unpaired) electrons. The summed E-state index contributed by atoms with van der Waals surface area (Å²) < 4.78 is 35.6. The van der Waals surface area contributed by atoms with E-state index in [1.165, 1.54) is 0 Å². The lowest BCUT2D eigenvalue weighted by molar-refractivity contribution is 0.352. The SMILES string of the molecule is C=C(C)Cc1c(OC)cccc1Oc1nc(Oc2cccc(OC)c2CC(=C)C)nc(Oc2cccc(OC)c2CC(=C)C)n1. The van der Waals surface area contributed by atoms with Gasteiger partial charge in [-0.05, 0) is 57.2 Å². The van der Waals surface area contributed by atoms with Crippen LogP contribution in [0.1, 0.15) is 37.5 Å². The van der Waals surface area contributed by atoms with Crippen LogP contribution < -0.4 is 28.4 Å². The van der Waals surface area contributed by atoms with E-state index in [4.69, 9.17) is 28.4 Å². The number of benzene rings is 3. The quantitative estimate of drug-likeness (QED) is 0.123. The lowest BCUT2D eigenvalue weighted by atomic mass is 10.1. The fourth-order valence-electron chi connectivity index (χ4n) is 4.68. The minimum atomic E-state index is -0.0417. The average molecular weight is 610 g/mol. The van der Waals surface area contributed by atoms with Gasteiger partial charge in [-0.2, -0.15) is 0 Å². The van der Waals surface area contributed by atoms with Crippen LogP contribution >= 0.6 is 0 Å². The fraction of sp³-hybridized carbons (Fsp3) is 0.250. The minimum absolute atomic E-state index is 0.0417. The number of hydrogen-bond acceptors (Lipinski definition) is 9. The second-order valence-electron chi connectivity index (χ2n) is 10.7. The standard InChI is InChI=1S/C36H39N3O6/c1-22(2)19-25-28(40-7)13-10-16-31(25)43-34-37-35(44-32-17-11-14-29(41-8)26(32)20-23(3)4)39-36(38-34)45-33-18-12-15-30(42-9)27(33)21-24(5)6/h10-18H,1,3,5,19-21H2,2,4,6-9H3. The highest BCUT2D eigenvalue weighted by Gasteiger charge is 2.20. The van der Waals surface area contributed by atoms with Crippen molar-refractivity contribution in [3.63, 3.8) is 0 Å². The Bertz CT molecular complexity index is 1500. The molecular formula is C36H39N3O6. The van der Waals surface area contributed by atoms with E-state index in [9.17, 15) is 0 Å². The van der Waals surface area contributed by atoms with Gasteiger partial charge in [0.25, 0.3) is 0 Å².